The summed E-state index contributed by atoms with van der Waals surface area (Å²) in [4.78, 5) is 20.4. The maximum Gasteiger partial charge on any atom is 0.236 e. The number of furan rings is 1. The summed E-state index contributed by atoms with van der Waals surface area (Å²) >= 11 is 1.57. The molecular weight excluding hydrogens is 362 g/mol. The second-order valence-corrected chi connectivity index (χ2v) is 7.70. The number of hydrogen-bond acceptors (Lipinski definition) is 6. The van der Waals surface area contributed by atoms with Gasteiger partial charge in [-0.05, 0) is 56.4 Å². The zero-order chi connectivity index (χ0) is 18.6. The van der Waals surface area contributed by atoms with Gasteiger partial charge < -0.3 is 14.2 Å². The molecule has 1 aliphatic rings. The molecule has 1 amide bonds. The predicted octanol–water partition coefficient (Wildman–Crippen LogP) is 3.80. The molecule has 0 radical (unpaired) electrons. The van der Waals surface area contributed by atoms with E-state index in [0.717, 1.165) is 23.7 Å². The smallest absolute Gasteiger partial charge is 0.236 e. The Morgan fingerprint density at radius 1 is 1.33 bits per heavy atom. The van der Waals surface area contributed by atoms with Gasteiger partial charge in [0.2, 0.25) is 11.8 Å². The van der Waals surface area contributed by atoms with Crippen LogP contribution in [-0.4, -0.2) is 35.4 Å². The lowest BCUT2D eigenvalue weighted by atomic mass is 10.2. The van der Waals surface area contributed by atoms with E-state index in [2.05, 4.69) is 15.2 Å². The number of carbonyl (C=O) groups excluding carboxylic acids is 1. The molecule has 4 rings (SSSR count). The molecule has 1 aliphatic heterocycles. The summed E-state index contributed by atoms with van der Waals surface area (Å²) in [6.07, 6.45) is 4.28. The van der Waals surface area contributed by atoms with Crippen molar-refractivity contribution in [1.82, 2.24) is 15.2 Å². The van der Waals surface area contributed by atoms with Gasteiger partial charge in [-0.2, -0.15) is 0 Å². The highest BCUT2D eigenvalue weighted by Gasteiger charge is 2.26. The summed E-state index contributed by atoms with van der Waals surface area (Å²) < 4.78 is 11.3. The minimum atomic E-state index is -0.0557. The minimum Gasteiger partial charge on any atom is -0.468 e. The molecule has 1 saturated heterocycles. The Bertz CT molecular complexity index is 865. The Balaban J connectivity index is 1.39. The van der Waals surface area contributed by atoms with E-state index >= 15 is 0 Å². The number of aromatic nitrogens is 1. The molecule has 0 spiro atoms. The summed E-state index contributed by atoms with van der Waals surface area (Å²) in [6, 6.07) is 7.87. The first-order valence-electron chi connectivity index (χ1n) is 9.25. The minimum absolute atomic E-state index is 0.0557. The van der Waals surface area contributed by atoms with Crippen molar-refractivity contribution in [2.75, 3.05) is 19.6 Å². The van der Waals surface area contributed by atoms with Gasteiger partial charge in [-0.15, -0.1) is 11.3 Å². The maximum absolute atomic E-state index is 12.5. The van der Waals surface area contributed by atoms with Gasteiger partial charge in [0, 0.05) is 6.54 Å². The normalized spacial score (nSPS) is 15.9. The van der Waals surface area contributed by atoms with Crippen LogP contribution >= 0.6 is 11.3 Å². The van der Waals surface area contributed by atoms with Crippen LogP contribution in [0.3, 0.4) is 0 Å². The van der Waals surface area contributed by atoms with Crippen molar-refractivity contribution < 1.29 is 13.6 Å². The SMILES string of the molecule is Cc1oc(-c2cccs2)nc1CC(=O)NCC(c1ccco1)N1CCCC1. The number of rotatable bonds is 7. The monoisotopic (exact) mass is 385 g/mol. The van der Waals surface area contributed by atoms with Crippen LogP contribution in [0.1, 0.15) is 36.1 Å². The highest BCUT2D eigenvalue weighted by molar-refractivity contribution is 7.13. The fourth-order valence-corrected chi connectivity index (χ4v) is 4.12. The number of nitrogens with one attached hydrogen (secondary N) is 1. The zero-order valence-corrected chi connectivity index (χ0v) is 16.1. The fraction of sp³-hybridized carbons (Fsp3) is 0.400. The van der Waals surface area contributed by atoms with Crippen LogP contribution in [0.4, 0.5) is 0 Å². The second kappa shape index (κ2) is 8.10. The molecule has 7 heteroatoms. The molecule has 0 aromatic carbocycles. The van der Waals surface area contributed by atoms with Gasteiger partial charge in [-0.1, -0.05) is 6.07 Å². The van der Waals surface area contributed by atoms with Gasteiger partial charge in [-0.25, -0.2) is 4.98 Å². The molecule has 1 unspecified atom stereocenters. The first-order valence-corrected chi connectivity index (χ1v) is 10.1. The lowest BCUT2D eigenvalue weighted by Gasteiger charge is -2.25. The number of carbonyl (C=O) groups is 1. The van der Waals surface area contributed by atoms with Crippen molar-refractivity contribution in [2.24, 2.45) is 0 Å². The standard InChI is InChI=1S/C20H23N3O3S/c1-14-15(22-20(26-14)18-7-5-11-27-18)12-19(24)21-13-16(17-6-4-10-25-17)23-8-2-3-9-23/h4-7,10-11,16H,2-3,8-9,12-13H2,1H3,(H,21,24). The highest BCUT2D eigenvalue weighted by atomic mass is 32.1. The van der Waals surface area contributed by atoms with Crippen LogP contribution < -0.4 is 5.32 Å². The number of likely N-dealkylation sites (tertiary alicyclic amines) is 1. The first kappa shape index (κ1) is 18.0. The number of oxazole rings is 1. The molecule has 3 aromatic rings. The van der Waals surface area contributed by atoms with Gasteiger partial charge in [0.05, 0.1) is 29.3 Å². The average Bonchev–Trinajstić information content (AvgIpc) is 3.45. The van der Waals surface area contributed by atoms with Gasteiger partial charge in [0.15, 0.2) is 0 Å². The van der Waals surface area contributed by atoms with Gasteiger partial charge in [0.25, 0.3) is 0 Å². The van der Waals surface area contributed by atoms with E-state index in [1.54, 1.807) is 17.6 Å². The molecule has 27 heavy (non-hydrogen) atoms. The quantitative estimate of drug-likeness (QED) is 0.670. The summed E-state index contributed by atoms with van der Waals surface area (Å²) in [5.74, 6) is 2.11. The molecule has 0 saturated carbocycles. The van der Waals surface area contributed by atoms with Crippen LogP contribution in [0.25, 0.3) is 10.8 Å². The third-order valence-electron chi connectivity index (χ3n) is 4.90. The Morgan fingerprint density at radius 2 is 2.19 bits per heavy atom. The van der Waals surface area contributed by atoms with Gasteiger partial charge >= 0.3 is 0 Å². The van der Waals surface area contributed by atoms with Crippen LogP contribution in [0.5, 0.6) is 0 Å². The van der Waals surface area contributed by atoms with Crippen molar-refractivity contribution in [3.05, 3.63) is 53.1 Å². The number of thiophene rings is 1. The molecule has 0 aliphatic carbocycles. The second-order valence-electron chi connectivity index (χ2n) is 6.75. The molecule has 0 bridgehead atoms. The van der Waals surface area contributed by atoms with Crippen LogP contribution in [-0.2, 0) is 11.2 Å². The Kier molecular flexibility index (Phi) is 5.40. The zero-order valence-electron chi connectivity index (χ0n) is 15.3. The number of hydrogen-bond donors (Lipinski definition) is 1. The van der Waals surface area contributed by atoms with Crippen LogP contribution in [0.2, 0.25) is 0 Å². The number of amides is 1. The fourth-order valence-electron chi connectivity index (χ4n) is 3.47. The topological polar surface area (TPSA) is 71.5 Å². The summed E-state index contributed by atoms with van der Waals surface area (Å²) in [5.41, 5.74) is 0.687. The summed E-state index contributed by atoms with van der Waals surface area (Å²) in [5, 5.41) is 5.03. The third kappa shape index (κ3) is 4.14. The Labute approximate surface area is 162 Å². The molecule has 142 valence electrons. The highest BCUT2D eigenvalue weighted by Crippen LogP contribution is 2.27. The van der Waals surface area contributed by atoms with Crippen molar-refractivity contribution in [2.45, 2.75) is 32.2 Å². The maximum atomic E-state index is 12.5. The molecule has 1 N–H and O–H groups in total. The van der Waals surface area contributed by atoms with E-state index in [0.29, 0.717) is 23.9 Å². The molecular formula is C20H23N3O3S. The van der Waals surface area contributed by atoms with Crippen molar-refractivity contribution in [3.8, 4) is 10.8 Å². The van der Waals surface area contributed by atoms with Crippen LogP contribution in [0, 0.1) is 6.92 Å². The largest absolute Gasteiger partial charge is 0.468 e. The lowest BCUT2D eigenvalue weighted by molar-refractivity contribution is -0.120. The van der Waals surface area contributed by atoms with E-state index < -0.39 is 0 Å². The molecule has 1 atom stereocenters. The van der Waals surface area contributed by atoms with Crippen LogP contribution in [0.15, 0.2) is 44.7 Å². The Hall–Kier alpha value is -2.38. The van der Waals surface area contributed by atoms with E-state index in [1.807, 2.05) is 36.6 Å². The van der Waals surface area contributed by atoms with Crippen molar-refractivity contribution >= 4 is 17.2 Å². The summed E-state index contributed by atoms with van der Waals surface area (Å²) in [6.45, 7) is 4.45. The van der Waals surface area contributed by atoms with E-state index in [9.17, 15) is 4.79 Å². The molecule has 1 fully saturated rings. The van der Waals surface area contributed by atoms with Gasteiger partial charge in [-0.3, -0.25) is 9.69 Å². The first-order chi connectivity index (χ1) is 13.2. The number of aryl methyl sites for hydroxylation is 1. The molecule has 3 aromatic heterocycles. The Morgan fingerprint density at radius 3 is 2.89 bits per heavy atom. The van der Waals surface area contributed by atoms with Gasteiger partial charge in [0.1, 0.15) is 11.5 Å². The van der Waals surface area contributed by atoms with E-state index in [1.165, 1.54) is 12.8 Å². The average molecular weight is 385 g/mol. The molecule has 6 nitrogen and oxygen atoms in total. The predicted molar refractivity (Wildman–Crippen MR) is 104 cm³/mol. The number of nitrogens with zero attached hydrogens (tertiary/aromatic N) is 2. The van der Waals surface area contributed by atoms with E-state index in [4.69, 9.17) is 8.83 Å². The summed E-state index contributed by atoms with van der Waals surface area (Å²) in [7, 11) is 0. The lowest BCUT2D eigenvalue weighted by Crippen LogP contribution is -2.37. The van der Waals surface area contributed by atoms with Crippen molar-refractivity contribution in [1.29, 1.82) is 0 Å². The van der Waals surface area contributed by atoms with E-state index in [-0.39, 0.29) is 18.4 Å². The molecule has 4 heterocycles. The van der Waals surface area contributed by atoms with Crippen molar-refractivity contribution in [3.63, 3.8) is 0 Å². The third-order valence-corrected chi connectivity index (χ3v) is 5.76.